The minimum Gasteiger partial charge on any atom is -1.00 e. The van der Waals surface area contributed by atoms with Crippen molar-refractivity contribution >= 4 is 11.8 Å². The highest BCUT2D eigenvalue weighted by molar-refractivity contribution is 5.98. The van der Waals surface area contributed by atoms with Crippen LogP contribution in [0, 0.1) is 11.2 Å². The first-order chi connectivity index (χ1) is 15.4. The van der Waals surface area contributed by atoms with Crippen LogP contribution >= 0.6 is 0 Å². The second-order valence-corrected chi connectivity index (χ2v) is 10.2. The van der Waals surface area contributed by atoms with Crippen LogP contribution in [0.5, 0.6) is 5.75 Å². The number of unbranched alkanes of at least 4 members (excludes halogenated alkanes) is 1. The Bertz CT molecular complexity index is 836. The first-order valence-electron chi connectivity index (χ1n) is 12.5. The van der Waals surface area contributed by atoms with Crippen molar-refractivity contribution in [3.8, 4) is 5.75 Å². The molecular weight excluding hydrogens is 443 g/mol. The maximum Gasteiger partial charge on any atom is 0.229 e. The van der Waals surface area contributed by atoms with Crippen molar-refractivity contribution in [2.45, 2.75) is 90.0 Å². The number of carbonyl (C=O) groups is 2. The lowest BCUT2D eigenvalue weighted by Gasteiger charge is -2.37. The maximum absolute atomic E-state index is 14.1. The molecule has 7 heteroatoms. The lowest BCUT2D eigenvalue weighted by Crippen LogP contribution is -3.00. The topological polar surface area (TPSA) is 60.9 Å². The quantitative estimate of drug-likeness (QED) is 0.454. The molecule has 0 radical (unpaired) electrons. The first-order valence-corrected chi connectivity index (χ1v) is 12.5. The summed E-state index contributed by atoms with van der Waals surface area (Å²) in [5.74, 6) is 0.0307. The molecular formula is C26H37ClFN2O3-. The van der Waals surface area contributed by atoms with E-state index < -0.39 is 0 Å². The summed E-state index contributed by atoms with van der Waals surface area (Å²) in [6, 6.07) is 3.11. The van der Waals surface area contributed by atoms with Gasteiger partial charge in [0.15, 0.2) is 0 Å². The van der Waals surface area contributed by atoms with Crippen LogP contribution in [0.15, 0.2) is 12.1 Å². The third-order valence-corrected chi connectivity index (χ3v) is 7.94. The zero-order chi connectivity index (χ0) is 22.7. The zero-order valence-electron chi connectivity index (χ0n) is 19.8. The van der Waals surface area contributed by atoms with Crippen molar-refractivity contribution in [2.24, 2.45) is 5.41 Å². The van der Waals surface area contributed by atoms with Crippen molar-refractivity contribution in [1.29, 1.82) is 0 Å². The van der Waals surface area contributed by atoms with Gasteiger partial charge in [-0.3, -0.25) is 14.5 Å². The zero-order valence-corrected chi connectivity index (χ0v) is 20.5. The van der Waals surface area contributed by atoms with Crippen molar-refractivity contribution in [3.05, 3.63) is 29.1 Å². The van der Waals surface area contributed by atoms with Crippen LogP contribution < -0.4 is 12.4 Å². The fraction of sp³-hybridized carbons (Fsp3) is 0.692. The van der Waals surface area contributed by atoms with Crippen molar-refractivity contribution in [1.82, 2.24) is 9.80 Å². The molecule has 2 amide bonds. The van der Waals surface area contributed by atoms with Gasteiger partial charge in [0.2, 0.25) is 11.8 Å². The second kappa shape index (κ2) is 11.2. The SMILES string of the molecule is CCCN(CCCCN1C(=O)CC2(CCCC2)CC1=O)[C@@H]1CCc2c(F)ccc(O)c2C1.[Cl-]. The van der Waals surface area contributed by atoms with E-state index in [1.54, 1.807) is 0 Å². The Morgan fingerprint density at radius 1 is 1.09 bits per heavy atom. The van der Waals surface area contributed by atoms with Gasteiger partial charge in [0.05, 0.1) is 0 Å². The standard InChI is InChI=1S/C26H37FN2O3.ClH/c1-2-13-28(19-7-8-20-21(16-19)23(30)10-9-22(20)27)14-5-6-15-29-24(31)17-26(18-25(29)32)11-3-4-12-26;/h9-10,19,30H,2-8,11-18H2,1H3;1H/p-1/t19-;/m1./s1. The lowest BCUT2D eigenvalue weighted by molar-refractivity contribution is -0.153. The van der Waals surface area contributed by atoms with Gasteiger partial charge in [-0.1, -0.05) is 19.8 Å². The molecule has 184 valence electrons. The molecule has 1 atom stereocenters. The van der Waals surface area contributed by atoms with E-state index in [0.717, 1.165) is 70.0 Å². The Labute approximate surface area is 203 Å². The number of aromatic hydroxyl groups is 1. The number of nitrogens with zero attached hydrogens (tertiary/aromatic N) is 2. The molecule has 2 fully saturated rings. The number of piperidine rings is 1. The molecule has 3 aliphatic rings. The number of benzene rings is 1. The summed E-state index contributed by atoms with van der Waals surface area (Å²) in [7, 11) is 0. The summed E-state index contributed by atoms with van der Waals surface area (Å²) < 4.78 is 14.1. The van der Waals surface area contributed by atoms with Crippen molar-refractivity contribution in [2.75, 3.05) is 19.6 Å². The molecule has 1 aromatic rings. The number of carbonyl (C=O) groups excluding carboxylic acids is 2. The second-order valence-electron chi connectivity index (χ2n) is 10.2. The number of rotatable bonds is 8. The number of amides is 2. The summed E-state index contributed by atoms with van der Waals surface area (Å²) in [5, 5.41) is 10.2. The average Bonchev–Trinajstić information content (AvgIpc) is 3.21. The molecule has 33 heavy (non-hydrogen) atoms. The predicted molar refractivity (Wildman–Crippen MR) is 122 cm³/mol. The summed E-state index contributed by atoms with van der Waals surface area (Å²) in [5.41, 5.74) is 1.39. The molecule has 1 saturated carbocycles. The molecule has 4 rings (SSSR count). The molecule has 0 aromatic heterocycles. The van der Waals surface area contributed by atoms with E-state index in [4.69, 9.17) is 0 Å². The summed E-state index contributed by atoms with van der Waals surface area (Å²) in [4.78, 5) is 29.3. The molecule has 1 N–H and O–H groups in total. The molecule has 5 nitrogen and oxygen atoms in total. The highest BCUT2D eigenvalue weighted by Crippen LogP contribution is 2.46. The normalized spacial score (nSPS) is 22.0. The fourth-order valence-electron chi connectivity index (χ4n) is 6.22. The van der Waals surface area contributed by atoms with Gasteiger partial charge < -0.3 is 22.4 Å². The minimum absolute atomic E-state index is 0. The lowest BCUT2D eigenvalue weighted by atomic mass is 9.76. The third-order valence-electron chi connectivity index (χ3n) is 7.94. The number of fused-ring (bicyclic) bond motifs is 1. The highest BCUT2D eigenvalue weighted by Gasteiger charge is 2.44. The van der Waals surface area contributed by atoms with Gasteiger partial charge in [0.1, 0.15) is 11.6 Å². The van der Waals surface area contributed by atoms with Crippen LogP contribution in [-0.2, 0) is 22.4 Å². The summed E-state index contributed by atoms with van der Waals surface area (Å²) in [6.45, 7) is 4.53. The van der Waals surface area contributed by atoms with E-state index in [1.165, 1.54) is 17.0 Å². The van der Waals surface area contributed by atoms with Crippen LogP contribution in [0.25, 0.3) is 0 Å². The van der Waals surface area contributed by atoms with E-state index >= 15 is 0 Å². The van der Waals surface area contributed by atoms with Gasteiger partial charge in [-0.15, -0.1) is 0 Å². The first kappa shape index (κ1) is 26.0. The number of hydrogen-bond donors (Lipinski definition) is 1. The molecule has 1 spiro atoms. The van der Waals surface area contributed by atoms with Gasteiger partial charge in [-0.2, -0.15) is 0 Å². The number of hydrogen-bond acceptors (Lipinski definition) is 4. The Hall–Kier alpha value is -1.66. The maximum atomic E-state index is 14.1. The number of imide groups is 1. The van der Waals surface area contributed by atoms with E-state index in [-0.39, 0.29) is 47.2 Å². The number of phenolic OH excluding ortho intramolecular Hbond substituents is 1. The largest absolute Gasteiger partial charge is 1.00 e. The number of phenols is 1. The van der Waals surface area contributed by atoms with E-state index in [0.29, 0.717) is 37.8 Å². The molecule has 2 aliphatic carbocycles. The number of halogens is 2. The van der Waals surface area contributed by atoms with Crippen molar-refractivity contribution in [3.63, 3.8) is 0 Å². The highest BCUT2D eigenvalue weighted by atomic mass is 35.5. The average molecular weight is 480 g/mol. The van der Waals surface area contributed by atoms with Gasteiger partial charge >= 0.3 is 0 Å². The molecule has 1 saturated heterocycles. The van der Waals surface area contributed by atoms with E-state index in [1.807, 2.05) is 0 Å². The smallest absolute Gasteiger partial charge is 0.229 e. The molecule has 0 bridgehead atoms. The third kappa shape index (κ3) is 5.71. The fourth-order valence-corrected chi connectivity index (χ4v) is 6.22. The Morgan fingerprint density at radius 2 is 1.79 bits per heavy atom. The van der Waals surface area contributed by atoms with Crippen LogP contribution in [0.1, 0.15) is 82.3 Å². The van der Waals surface area contributed by atoms with E-state index in [2.05, 4.69) is 11.8 Å². The van der Waals surface area contributed by atoms with Crippen LogP contribution in [0.4, 0.5) is 4.39 Å². The molecule has 1 aromatic carbocycles. The Kier molecular flexibility index (Phi) is 8.79. The predicted octanol–water partition coefficient (Wildman–Crippen LogP) is 1.59. The number of likely N-dealkylation sites (tertiary alicyclic amines) is 1. The van der Waals surface area contributed by atoms with Gasteiger partial charge in [-0.25, -0.2) is 4.39 Å². The van der Waals surface area contributed by atoms with Crippen LogP contribution in [0.3, 0.4) is 0 Å². The molecule has 1 aliphatic heterocycles. The summed E-state index contributed by atoms with van der Waals surface area (Å²) in [6.07, 6.45) is 10.4. The Balaban J connectivity index is 0.00000306. The molecule has 0 unspecified atom stereocenters. The van der Waals surface area contributed by atoms with Gasteiger partial charge in [0, 0.05) is 31.0 Å². The van der Waals surface area contributed by atoms with Crippen LogP contribution in [0.2, 0.25) is 0 Å². The monoisotopic (exact) mass is 479 g/mol. The minimum atomic E-state index is -0.214. The summed E-state index contributed by atoms with van der Waals surface area (Å²) >= 11 is 0. The van der Waals surface area contributed by atoms with Gasteiger partial charge in [0.25, 0.3) is 0 Å². The Morgan fingerprint density at radius 3 is 2.45 bits per heavy atom. The molecule has 1 heterocycles. The van der Waals surface area contributed by atoms with Crippen molar-refractivity contribution < 1.29 is 31.5 Å². The van der Waals surface area contributed by atoms with E-state index in [9.17, 15) is 19.1 Å². The van der Waals surface area contributed by atoms with Crippen LogP contribution in [-0.4, -0.2) is 52.4 Å². The van der Waals surface area contributed by atoms with Gasteiger partial charge in [-0.05, 0) is 87.6 Å².